The molecule has 160 valence electrons. The fourth-order valence-corrected chi connectivity index (χ4v) is 3.85. The maximum Gasteiger partial charge on any atom is 0.407 e. The Morgan fingerprint density at radius 2 is 1.75 bits per heavy atom. The average molecular weight is 427 g/mol. The van der Waals surface area contributed by atoms with Gasteiger partial charge >= 0.3 is 6.09 Å². The Bertz CT molecular complexity index is 1190. The largest absolute Gasteiger partial charge is 0.503 e. The van der Waals surface area contributed by atoms with Crippen molar-refractivity contribution in [3.8, 4) is 34.5 Å². The number of hydrogen-bond donors (Lipinski definition) is 2. The highest BCUT2D eigenvalue weighted by molar-refractivity contribution is 5.79. The predicted octanol–water partition coefficient (Wildman–Crippen LogP) is 4.10. The van der Waals surface area contributed by atoms with Crippen molar-refractivity contribution in [3.05, 3.63) is 82.9 Å². The van der Waals surface area contributed by atoms with E-state index in [9.17, 15) is 14.7 Å². The number of rotatable bonds is 5. The molecule has 0 atom stereocenters. The number of nitrogens with one attached hydrogen (secondary N) is 1. The maximum absolute atomic E-state index is 12.2. The summed E-state index contributed by atoms with van der Waals surface area (Å²) in [6.07, 6.45) is 0.0619. The topological polar surface area (TPSA) is 84.9 Å². The van der Waals surface area contributed by atoms with Gasteiger partial charge in [0.1, 0.15) is 12.9 Å². The Kier molecular flexibility index (Phi) is 6.09. The summed E-state index contributed by atoms with van der Waals surface area (Å²) in [5, 5.41) is 12.7. The molecule has 1 aliphatic carbocycles. The van der Waals surface area contributed by atoms with Gasteiger partial charge in [-0.3, -0.25) is 4.79 Å². The Hall–Kier alpha value is -4.24. The fraction of sp³-hybridized carbons (Fsp3) is 0.154. The van der Waals surface area contributed by atoms with Crippen LogP contribution in [-0.2, 0) is 4.74 Å². The molecule has 2 N–H and O–H groups in total. The van der Waals surface area contributed by atoms with Crippen molar-refractivity contribution in [2.24, 2.45) is 0 Å². The van der Waals surface area contributed by atoms with Gasteiger partial charge in [0.05, 0.1) is 19.2 Å². The van der Waals surface area contributed by atoms with Crippen molar-refractivity contribution in [1.82, 2.24) is 5.32 Å². The highest BCUT2D eigenvalue weighted by atomic mass is 16.5. The number of carbonyl (C=O) groups is 2. The van der Waals surface area contributed by atoms with Crippen LogP contribution in [0.3, 0.4) is 0 Å². The molecule has 0 saturated heterocycles. The van der Waals surface area contributed by atoms with Crippen LogP contribution in [-0.4, -0.2) is 37.7 Å². The third kappa shape index (κ3) is 4.14. The zero-order valence-corrected chi connectivity index (χ0v) is 17.4. The molecule has 3 aromatic rings. The van der Waals surface area contributed by atoms with E-state index in [1.165, 1.54) is 19.2 Å². The second-order valence-corrected chi connectivity index (χ2v) is 7.22. The number of aldehydes is 1. The van der Waals surface area contributed by atoms with Gasteiger partial charge in [0.2, 0.25) is 0 Å². The average Bonchev–Trinajstić information content (AvgIpc) is 3.15. The summed E-state index contributed by atoms with van der Waals surface area (Å²) >= 11 is 0. The SMILES string of the molecule is COc1cc(C=O)cc(C#CCNC(=O)OCC2c3ccccc3-c3ccccc32)c1O. The molecule has 6 heteroatoms. The Balaban J connectivity index is 1.37. The summed E-state index contributed by atoms with van der Waals surface area (Å²) in [6, 6.07) is 19.1. The van der Waals surface area contributed by atoms with Gasteiger partial charge < -0.3 is 19.9 Å². The summed E-state index contributed by atoms with van der Waals surface area (Å²) < 4.78 is 10.5. The zero-order chi connectivity index (χ0) is 22.5. The van der Waals surface area contributed by atoms with Crippen LogP contribution in [0.4, 0.5) is 4.79 Å². The van der Waals surface area contributed by atoms with Gasteiger partial charge in [0, 0.05) is 11.5 Å². The van der Waals surface area contributed by atoms with Gasteiger partial charge in [-0.05, 0) is 34.4 Å². The van der Waals surface area contributed by atoms with Crippen LogP contribution in [0.1, 0.15) is 33.0 Å². The molecule has 0 saturated carbocycles. The van der Waals surface area contributed by atoms with Crippen LogP contribution >= 0.6 is 0 Å². The zero-order valence-electron chi connectivity index (χ0n) is 17.4. The fourth-order valence-electron chi connectivity index (χ4n) is 3.85. The minimum atomic E-state index is -0.579. The van der Waals surface area contributed by atoms with Crippen LogP contribution in [0.15, 0.2) is 60.7 Å². The first-order valence-corrected chi connectivity index (χ1v) is 10.1. The molecule has 0 radical (unpaired) electrons. The van der Waals surface area contributed by atoms with Crippen molar-refractivity contribution in [2.75, 3.05) is 20.3 Å². The van der Waals surface area contributed by atoms with Crippen molar-refractivity contribution >= 4 is 12.4 Å². The number of benzene rings is 3. The van der Waals surface area contributed by atoms with Crippen LogP contribution in [0.5, 0.6) is 11.5 Å². The molecule has 3 aromatic carbocycles. The Labute approximate surface area is 185 Å². The first-order chi connectivity index (χ1) is 15.6. The number of hydrogen-bond acceptors (Lipinski definition) is 5. The van der Waals surface area contributed by atoms with Crippen molar-refractivity contribution in [1.29, 1.82) is 0 Å². The molecule has 6 nitrogen and oxygen atoms in total. The van der Waals surface area contributed by atoms with E-state index >= 15 is 0 Å². The highest BCUT2D eigenvalue weighted by Crippen LogP contribution is 2.44. The lowest BCUT2D eigenvalue weighted by Gasteiger charge is -2.14. The Morgan fingerprint density at radius 3 is 2.38 bits per heavy atom. The molecule has 0 spiro atoms. The summed E-state index contributed by atoms with van der Waals surface area (Å²) in [6.45, 7) is 0.233. The number of aromatic hydroxyl groups is 1. The maximum atomic E-state index is 12.2. The van der Waals surface area contributed by atoms with Crippen LogP contribution in [0, 0.1) is 11.8 Å². The number of fused-ring (bicyclic) bond motifs is 3. The van der Waals surface area contributed by atoms with E-state index in [0.29, 0.717) is 11.8 Å². The summed E-state index contributed by atoms with van der Waals surface area (Å²) in [5.41, 5.74) is 5.17. The molecular formula is C26H21NO5. The lowest BCUT2D eigenvalue weighted by Crippen LogP contribution is -2.26. The standard InChI is InChI=1S/C26H21NO5/c1-31-24-14-17(15-28)13-18(25(24)29)7-6-12-27-26(30)32-16-23-21-10-4-2-8-19(21)20-9-3-5-11-22(20)23/h2-5,8-11,13-15,23,29H,12,16H2,1H3,(H,27,30). The first kappa shape index (κ1) is 21.0. The van der Waals surface area contributed by atoms with E-state index in [1.54, 1.807) is 0 Å². The number of phenolic OH excluding ortho intramolecular Hbond substituents is 1. The van der Waals surface area contributed by atoms with Crippen molar-refractivity contribution in [2.45, 2.75) is 5.92 Å². The number of carbonyl (C=O) groups excluding carboxylic acids is 2. The van der Waals surface area contributed by atoms with Gasteiger partial charge in [-0.2, -0.15) is 0 Å². The molecule has 0 bridgehead atoms. The number of ether oxygens (including phenoxy) is 2. The molecule has 4 rings (SSSR count). The van der Waals surface area contributed by atoms with Gasteiger partial charge in [0.25, 0.3) is 0 Å². The van der Waals surface area contributed by atoms with Gasteiger partial charge in [-0.25, -0.2) is 4.79 Å². The minimum absolute atomic E-state index is 0.0176. The first-order valence-electron chi connectivity index (χ1n) is 10.1. The second-order valence-electron chi connectivity index (χ2n) is 7.22. The van der Waals surface area contributed by atoms with E-state index in [1.807, 2.05) is 24.3 Å². The van der Waals surface area contributed by atoms with Gasteiger partial charge in [0.15, 0.2) is 11.5 Å². The number of amides is 1. The van der Waals surface area contributed by atoms with Crippen LogP contribution in [0.25, 0.3) is 11.1 Å². The molecule has 0 aliphatic heterocycles. The summed E-state index contributed by atoms with van der Waals surface area (Å²) in [7, 11) is 1.39. The quantitative estimate of drug-likeness (QED) is 0.473. The lowest BCUT2D eigenvalue weighted by molar-refractivity contribution is 0.112. The van der Waals surface area contributed by atoms with Crippen LogP contribution in [0.2, 0.25) is 0 Å². The molecule has 0 aromatic heterocycles. The lowest BCUT2D eigenvalue weighted by atomic mass is 9.98. The molecule has 1 aliphatic rings. The third-order valence-corrected chi connectivity index (χ3v) is 5.34. The molecule has 0 unspecified atom stereocenters. The highest BCUT2D eigenvalue weighted by Gasteiger charge is 2.28. The van der Waals surface area contributed by atoms with Gasteiger partial charge in [-0.15, -0.1) is 0 Å². The van der Waals surface area contributed by atoms with E-state index in [2.05, 4.69) is 41.4 Å². The molecular weight excluding hydrogens is 406 g/mol. The number of phenols is 1. The van der Waals surface area contributed by atoms with Crippen molar-refractivity contribution in [3.63, 3.8) is 0 Å². The van der Waals surface area contributed by atoms with Gasteiger partial charge in [-0.1, -0.05) is 60.4 Å². The Morgan fingerprint density at radius 1 is 1.09 bits per heavy atom. The monoisotopic (exact) mass is 427 g/mol. The van der Waals surface area contributed by atoms with E-state index < -0.39 is 6.09 Å². The molecule has 1 amide bonds. The normalized spacial score (nSPS) is 11.5. The van der Waals surface area contributed by atoms with E-state index in [4.69, 9.17) is 9.47 Å². The third-order valence-electron chi connectivity index (χ3n) is 5.34. The molecule has 0 heterocycles. The van der Waals surface area contributed by atoms with Crippen molar-refractivity contribution < 1.29 is 24.2 Å². The summed E-state index contributed by atoms with van der Waals surface area (Å²) in [4.78, 5) is 23.2. The van der Waals surface area contributed by atoms with Crippen LogP contribution < -0.4 is 10.1 Å². The van der Waals surface area contributed by atoms with E-state index in [0.717, 1.165) is 22.3 Å². The molecule has 0 fully saturated rings. The number of methoxy groups -OCH3 is 1. The predicted molar refractivity (Wildman–Crippen MR) is 120 cm³/mol. The smallest absolute Gasteiger partial charge is 0.407 e. The van der Waals surface area contributed by atoms with E-state index in [-0.39, 0.29) is 36.1 Å². The minimum Gasteiger partial charge on any atom is -0.503 e. The summed E-state index contributed by atoms with van der Waals surface area (Å²) in [5.74, 6) is 5.45. The molecule has 32 heavy (non-hydrogen) atoms. The number of alkyl carbamates (subject to hydrolysis) is 1. The second kappa shape index (κ2) is 9.27.